The predicted molar refractivity (Wildman–Crippen MR) is 69.6 cm³/mol. The lowest BCUT2D eigenvalue weighted by molar-refractivity contribution is 0.280. The van der Waals surface area contributed by atoms with Crippen molar-refractivity contribution in [1.82, 2.24) is 0 Å². The van der Waals surface area contributed by atoms with Gasteiger partial charge in [0.05, 0.1) is 0 Å². The zero-order valence-corrected chi connectivity index (χ0v) is 11.3. The van der Waals surface area contributed by atoms with Crippen LogP contribution in [0.4, 0.5) is 0 Å². The molecule has 0 bridgehead atoms. The van der Waals surface area contributed by atoms with Crippen molar-refractivity contribution in [3.05, 3.63) is 33.3 Å². The van der Waals surface area contributed by atoms with E-state index >= 15 is 0 Å². The van der Waals surface area contributed by atoms with Gasteiger partial charge in [0, 0.05) is 22.1 Å². The lowest BCUT2D eigenvalue weighted by Crippen LogP contribution is -2.11. The Labute approximate surface area is 109 Å². The minimum atomic E-state index is -0.0739. The Balaban J connectivity index is 0.00000196. The Hall–Kier alpha value is 0.200. The van der Waals surface area contributed by atoms with Crippen LogP contribution in [0.25, 0.3) is 0 Å². The van der Waals surface area contributed by atoms with Gasteiger partial charge in [-0.3, -0.25) is 0 Å². The van der Waals surface area contributed by atoms with Gasteiger partial charge in [-0.2, -0.15) is 0 Å². The molecule has 0 radical (unpaired) electrons. The third-order valence-corrected chi connectivity index (χ3v) is 2.99. The number of benzene rings is 1. The third kappa shape index (κ3) is 4.70. The van der Waals surface area contributed by atoms with Crippen molar-refractivity contribution in [3.63, 3.8) is 0 Å². The monoisotopic (exact) mass is 313 g/mol. The van der Waals surface area contributed by atoms with Crippen molar-refractivity contribution in [2.24, 2.45) is 5.73 Å². The molecular formula is C10H14BrCl2NO. The summed E-state index contributed by atoms with van der Waals surface area (Å²) in [7, 11) is 0. The predicted octanol–water partition coefficient (Wildman–Crippen LogP) is 3.30. The Morgan fingerprint density at radius 2 is 2.13 bits per heavy atom. The second-order valence-electron chi connectivity index (χ2n) is 3.14. The molecule has 1 aromatic rings. The molecule has 0 saturated carbocycles. The first-order valence-electron chi connectivity index (χ1n) is 4.46. The molecule has 5 heteroatoms. The summed E-state index contributed by atoms with van der Waals surface area (Å²) in [5, 5.41) is 9.38. The maximum atomic E-state index is 8.69. The third-order valence-electron chi connectivity index (χ3n) is 2.03. The van der Waals surface area contributed by atoms with Gasteiger partial charge in [0.25, 0.3) is 0 Å². The van der Waals surface area contributed by atoms with Gasteiger partial charge in [-0.1, -0.05) is 27.5 Å². The number of aliphatic hydroxyl groups excluding tert-OH is 1. The van der Waals surface area contributed by atoms with Crippen LogP contribution >= 0.6 is 39.9 Å². The fourth-order valence-corrected chi connectivity index (χ4v) is 1.99. The van der Waals surface area contributed by atoms with Crippen LogP contribution < -0.4 is 5.73 Å². The molecular weight excluding hydrogens is 301 g/mol. The van der Waals surface area contributed by atoms with E-state index in [4.69, 9.17) is 22.4 Å². The van der Waals surface area contributed by atoms with E-state index in [-0.39, 0.29) is 25.1 Å². The first-order chi connectivity index (χ1) is 6.65. The molecule has 0 aliphatic rings. The van der Waals surface area contributed by atoms with E-state index in [0.29, 0.717) is 11.4 Å². The zero-order chi connectivity index (χ0) is 10.6. The second kappa shape index (κ2) is 7.47. The average Bonchev–Trinajstić information content (AvgIpc) is 2.18. The number of nitrogens with two attached hydrogens (primary N) is 1. The number of rotatable bonds is 4. The van der Waals surface area contributed by atoms with E-state index in [0.717, 1.165) is 16.5 Å². The number of halogens is 3. The molecule has 0 aliphatic carbocycles. The van der Waals surface area contributed by atoms with Gasteiger partial charge >= 0.3 is 0 Å². The highest BCUT2D eigenvalue weighted by molar-refractivity contribution is 9.10. The summed E-state index contributed by atoms with van der Waals surface area (Å²) in [5.41, 5.74) is 6.94. The largest absolute Gasteiger partial charge is 0.396 e. The molecule has 86 valence electrons. The van der Waals surface area contributed by atoms with Crippen LogP contribution in [0.5, 0.6) is 0 Å². The van der Waals surface area contributed by atoms with E-state index in [9.17, 15) is 0 Å². The van der Waals surface area contributed by atoms with E-state index in [1.807, 2.05) is 18.2 Å². The smallest absolute Gasteiger partial charge is 0.0431 e. The molecule has 2 nitrogen and oxygen atoms in total. The van der Waals surface area contributed by atoms with Crippen LogP contribution in [0.1, 0.15) is 24.4 Å². The summed E-state index contributed by atoms with van der Waals surface area (Å²) >= 11 is 9.29. The van der Waals surface area contributed by atoms with Crippen LogP contribution in [0.15, 0.2) is 22.7 Å². The topological polar surface area (TPSA) is 46.2 Å². The maximum absolute atomic E-state index is 8.69. The van der Waals surface area contributed by atoms with Crippen LogP contribution in [0, 0.1) is 0 Å². The van der Waals surface area contributed by atoms with Gasteiger partial charge in [0.15, 0.2) is 0 Å². The lowest BCUT2D eigenvalue weighted by atomic mass is 10.0. The first-order valence-corrected chi connectivity index (χ1v) is 5.63. The molecule has 0 fully saturated rings. The van der Waals surface area contributed by atoms with Crippen molar-refractivity contribution in [3.8, 4) is 0 Å². The molecule has 0 aliphatic heterocycles. The van der Waals surface area contributed by atoms with Crippen LogP contribution in [0.2, 0.25) is 5.02 Å². The number of hydrogen-bond acceptors (Lipinski definition) is 2. The Bertz CT molecular complexity index is 309. The van der Waals surface area contributed by atoms with Gasteiger partial charge < -0.3 is 10.8 Å². The fourth-order valence-electron chi connectivity index (χ4n) is 1.27. The summed E-state index contributed by atoms with van der Waals surface area (Å²) in [5.74, 6) is 0. The van der Waals surface area contributed by atoms with Crippen molar-refractivity contribution in [1.29, 1.82) is 0 Å². The molecule has 15 heavy (non-hydrogen) atoms. The van der Waals surface area contributed by atoms with Crippen molar-refractivity contribution in [2.75, 3.05) is 6.61 Å². The quantitative estimate of drug-likeness (QED) is 0.895. The summed E-state index contributed by atoms with van der Waals surface area (Å²) in [6.07, 6.45) is 1.47. The SMILES string of the molecule is Cl.N[C@H](CCCO)c1cc(Cl)ccc1Br. The maximum Gasteiger partial charge on any atom is 0.0431 e. The van der Waals surface area contributed by atoms with Gasteiger partial charge in [0.1, 0.15) is 0 Å². The lowest BCUT2D eigenvalue weighted by Gasteiger charge is -2.13. The van der Waals surface area contributed by atoms with Crippen LogP contribution in [-0.2, 0) is 0 Å². The highest BCUT2D eigenvalue weighted by Crippen LogP contribution is 2.27. The van der Waals surface area contributed by atoms with E-state index in [1.54, 1.807) is 0 Å². The summed E-state index contributed by atoms with van der Waals surface area (Å²) in [4.78, 5) is 0. The van der Waals surface area contributed by atoms with Crippen molar-refractivity contribution >= 4 is 39.9 Å². The molecule has 0 amide bonds. The summed E-state index contributed by atoms with van der Waals surface area (Å²) in [6, 6.07) is 5.48. The van der Waals surface area contributed by atoms with Crippen LogP contribution in [-0.4, -0.2) is 11.7 Å². The first kappa shape index (κ1) is 15.2. The molecule has 0 unspecified atom stereocenters. The van der Waals surface area contributed by atoms with E-state index in [1.165, 1.54) is 0 Å². The molecule has 0 spiro atoms. The van der Waals surface area contributed by atoms with Gasteiger partial charge in [-0.15, -0.1) is 12.4 Å². The van der Waals surface area contributed by atoms with Crippen molar-refractivity contribution in [2.45, 2.75) is 18.9 Å². The normalized spacial score (nSPS) is 12.0. The highest BCUT2D eigenvalue weighted by atomic mass is 79.9. The molecule has 1 rings (SSSR count). The standard InChI is InChI=1S/C10H13BrClNO.ClH/c11-9-4-3-7(12)6-8(9)10(13)2-1-5-14;/h3-4,6,10,14H,1-2,5,13H2;1H/t10-;/m1./s1. The zero-order valence-electron chi connectivity index (χ0n) is 8.12. The highest BCUT2D eigenvalue weighted by Gasteiger charge is 2.09. The Morgan fingerprint density at radius 3 is 2.73 bits per heavy atom. The summed E-state index contributed by atoms with van der Waals surface area (Å²) in [6.45, 7) is 0.173. The van der Waals surface area contributed by atoms with E-state index < -0.39 is 0 Å². The number of aliphatic hydroxyl groups is 1. The fraction of sp³-hybridized carbons (Fsp3) is 0.400. The molecule has 1 aromatic carbocycles. The minimum absolute atomic E-state index is 0. The Kier molecular flexibility index (Phi) is 7.57. The van der Waals surface area contributed by atoms with Crippen LogP contribution in [0.3, 0.4) is 0 Å². The van der Waals surface area contributed by atoms with Crippen molar-refractivity contribution < 1.29 is 5.11 Å². The summed E-state index contributed by atoms with van der Waals surface area (Å²) < 4.78 is 0.965. The van der Waals surface area contributed by atoms with Gasteiger partial charge in [0.2, 0.25) is 0 Å². The number of hydrogen-bond donors (Lipinski definition) is 2. The second-order valence-corrected chi connectivity index (χ2v) is 4.43. The van der Waals surface area contributed by atoms with Gasteiger partial charge in [-0.05, 0) is 36.6 Å². The molecule has 0 saturated heterocycles. The molecule has 3 N–H and O–H groups in total. The minimum Gasteiger partial charge on any atom is -0.396 e. The molecule has 0 heterocycles. The molecule has 0 aromatic heterocycles. The van der Waals surface area contributed by atoms with Gasteiger partial charge in [-0.25, -0.2) is 0 Å². The average molecular weight is 315 g/mol. The molecule has 1 atom stereocenters. The van der Waals surface area contributed by atoms with E-state index in [2.05, 4.69) is 15.9 Å². The Morgan fingerprint density at radius 1 is 1.47 bits per heavy atom.